The fraction of sp³-hybridized carbons (Fsp3) is 0.312. The van der Waals surface area contributed by atoms with E-state index in [0.29, 0.717) is 6.61 Å². The first kappa shape index (κ1) is 13.6. The van der Waals surface area contributed by atoms with Crippen molar-refractivity contribution in [2.24, 2.45) is 0 Å². The molecule has 2 aromatic rings. The van der Waals surface area contributed by atoms with E-state index in [9.17, 15) is 0 Å². The predicted molar refractivity (Wildman–Crippen MR) is 77.4 cm³/mol. The van der Waals surface area contributed by atoms with Crippen LogP contribution in [0.25, 0.3) is 0 Å². The van der Waals surface area contributed by atoms with E-state index in [4.69, 9.17) is 4.74 Å². The fourth-order valence-corrected chi connectivity index (χ4v) is 1.93. The number of benzene rings is 1. The number of hydrogen-bond acceptors (Lipinski definition) is 3. The van der Waals surface area contributed by atoms with Gasteiger partial charge in [-0.1, -0.05) is 23.8 Å². The molecule has 1 heterocycles. The van der Waals surface area contributed by atoms with Crippen molar-refractivity contribution in [3.63, 3.8) is 0 Å². The number of aryl methyl sites for hydroxylation is 2. The molecule has 0 fully saturated rings. The topological polar surface area (TPSA) is 34.1 Å². The number of ether oxygens (including phenoxy) is 1. The zero-order chi connectivity index (χ0) is 13.5. The predicted octanol–water partition coefficient (Wildman–Crippen LogP) is 2.87. The summed E-state index contributed by atoms with van der Waals surface area (Å²) in [4.78, 5) is 4.08. The first-order valence-corrected chi connectivity index (χ1v) is 6.55. The molecular formula is C16H20N2O. The van der Waals surface area contributed by atoms with Gasteiger partial charge in [-0.15, -0.1) is 0 Å². The zero-order valence-corrected chi connectivity index (χ0v) is 11.5. The molecule has 1 aromatic carbocycles. The van der Waals surface area contributed by atoms with Gasteiger partial charge in [-0.05, 0) is 37.1 Å². The molecule has 2 rings (SSSR count). The first-order valence-electron chi connectivity index (χ1n) is 6.55. The molecule has 0 unspecified atom stereocenters. The van der Waals surface area contributed by atoms with E-state index in [-0.39, 0.29) is 0 Å². The number of nitrogens with zero attached hydrogens (tertiary/aromatic N) is 1. The molecule has 0 aliphatic carbocycles. The average Bonchev–Trinajstić information content (AvgIpc) is 2.42. The molecule has 0 saturated heterocycles. The molecule has 0 aliphatic rings. The number of hydrogen-bond donors (Lipinski definition) is 1. The molecule has 100 valence electrons. The van der Waals surface area contributed by atoms with Gasteiger partial charge in [0, 0.05) is 25.5 Å². The molecule has 1 N–H and O–H groups in total. The molecule has 19 heavy (non-hydrogen) atoms. The van der Waals surface area contributed by atoms with Crippen LogP contribution < -0.4 is 10.1 Å². The maximum atomic E-state index is 5.75. The van der Waals surface area contributed by atoms with Gasteiger partial charge in [-0.3, -0.25) is 4.98 Å². The van der Waals surface area contributed by atoms with Gasteiger partial charge in [-0.25, -0.2) is 0 Å². The molecular weight excluding hydrogens is 236 g/mol. The Morgan fingerprint density at radius 3 is 2.84 bits per heavy atom. The lowest BCUT2D eigenvalue weighted by molar-refractivity contribution is 0.311. The van der Waals surface area contributed by atoms with Crippen LogP contribution in [-0.4, -0.2) is 18.1 Å². The summed E-state index contributed by atoms with van der Waals surface area (Å²) in [6, 6.07) is 10.3. The molecule has 3 nitrogen and oxygen atoms in total. The Labute approximate surface area is 114 Å². The summed E-state index contributed by atoms with van der Waals surface area (Å²) in [7, 11) is 0. The van der Waals surface area contributed by atoms with E-state index in [0.717, 1.165) is 18.8 Å². The maximum Gasteiger partial charge on any atom is 0.122 e. The van der Waals surface area contributed by atoms with Crippen LogP contribution >= 0.6 is 0 Å². The molecule has 0 spiro atoms. The molecule has 0 bridgehead atoms. The Morgan fingerprint density at radius 2 is 2.11 bits per heavy atom. The Balaban J connectivity index is 1.69. The molecule has 0 atom stereocenters. The van der Waals surface area contributed by atoms with Crippen LogP contribution in [0.4, 0.5) is 0 Å². The van der Waals surface area contributed by atoms with Crippen molar-refractivity contribution in [3.05, 3.63) is 59.4 Å². The highest BCUT2D eigenvalue weighted by molar-refractivity contribution is 5.35. The Hall–Kier alpha value is -1.87. The van der Waals surface area contributed by atoms with Gasteiger partial charge in [0.15, 0.2) is 0 Å². The number of pyridine rings is 1. The Bertz CT molecular complexity index is 511. The molecule has 0 amide bonds. The number of nitrogens with one attached hydrogen (secondary N) is 1. The largest absolute Gasteiger partial charge is 0.492 e. The molecule has 0 aliphatic heterocycles. The highest BCUT2D eigenvalue weighted by atomic mass is 16.5. The van der Waals surface area contributed by atoms with Crippen LogP contribution in [0.15, 0.2) is 42.7 Å². The highest BCUT2D eigenvalue weighted by Gasteiger charge is 1.99. The van der Waals surface area contributed by atoms with Crippen molar-refractivity contribution < 1.29 is 4.74 Å². The third-order valence-corrected chi connectivity index (χ3v) is 2.92. The van der Waals surface area contributed by atoms with Gasteiger partial charge in [0.2, 0.25) is 0 Å². The van der Waals surface area contributed by atoms with E-state index in [1.54, 1.807) is 6.20 Å². The van der Waals surface area contributed by atoms with Crippen molar-refractivity contribution in [3.8, 4) is 5.75 Å². The van der Waals surface area contributed by atoms with Crippen LogP contribution in [0, 0.1) is 13.8 Å². The summed E-state index contributed by atoms with van der Waals surface area (Å²) >= 11 is 0. The van der Waals surface area contributed by atoms with Gasteiger partial charge < -0.3 is 10.1 Å². The van der Waals surface area contributed by atoms with E-state index in [1.165, 1.54) is 16.7 Å². The van der Waals surface area contributed by atoms with Crippen molar-refractivity contribution >= 4 is 0 Å². The van der Waals surface area contributed by atoms with Crippen LogP contribution in [0.2, 0.25) is 0 Å². The van der Waals surface area contributed by atoms with Gasteiger partial charge in [0.25, 0.3) is 0 Å². The minimum absolute atomic E-state index is 0.671. The fourth-order valence-electron chi connectivity index (χ4n) is 1.93. The number of aromatic nitrogens is 1. The smallest absolute Gasteiger partial charge is 0.122 e. The number of rotatable bonds is 6. The Kier molecular flexibility index (Phi) is 4.93. The molecule has 3 heteroatoms. The third-order valence-electron chi connectivity index (χ3n) is 2.92. The monoisotopic (exact) mass is 256 g/mol. The summed E-state index contributed by atoms with van der Waals surface area (Å²) < 4.78 is 5.75. The van der Waals surface area contributed by atoms with Crippen LogP contribution in [0.5, 0.6) is 5.75 Å². The van der Waals surface area contributed by atoms with Crippen LogP contribution in [-0.2, 0) is 6.54 Å². The molecule has 0 radical (unpaired) electrons. The summed E-state index contributed by atoms with van der Waals surface area (Å²) in [6.45, 7) is 6.48. The lowest BCUT2D eigenvalue weighted by Crippen LogP contribution is -2.20. The van der Waals surface area contributed by atoms with Crippen molar-refractivity contribution in [1.82, 2.24) is 10.3 Å². The average molecular weight is 256 g/mol. The maximum absolute atomic E-state index is 5.75. The van der Waals surface area contributed by atoms with Gasteiger partial charge in [0.05, 0.1) is 0 Å². The van der Waals surface area contributed by atoms with Crippen molar-refractivity contribution in [2.45, 2.75) is 20.4 Å². The lowest BCUT2D eigenvalue weighted by Gasteiger charge is -2.10. The molecule has 0 saturated carbocycles. The third kappa shape index (κ3) is 4.38. The normalized spacial score (nSPS) is 10.4. The van der Waals surface area contributed by atoms with Crippen LogP contribution in [0.1, 0.15) is 16.7 Å². The molecule has 1 aromatic heterocycles. The van der Waals surface area contributed by atoms with E-state index < -0.39 is 0 Å². The second-order valence-electron chi connectivity index (χ2n) is 4.66. The van der Waals surface area contributed by atoms with E-state index >= 15 is 0 Å². The first-order chi connectivity index (χ1) is 9.25. The lowest BCUT2D eigenvalue weighted by atomic mass is 10.1. The summed E-state index contributed by atoms with van der Waals surface area (Å²) in [6.07, 6.45) is 3.66. The Morgan fingerprint density at radius 1 is 1.21 bits per heavy atom. The second-order valence-corrected chi connectivity index (χ2v) is 4.66. The summed E-state index contributed by atoms with van der Waals surface area (Å²) in [5.74, 6) is 0.966. The standard InChI is InChI=1S/C16H20N2O/c1-13-5-6-16(14(2)10-13)19-9-8-18-12-15-4-3-7-17-11-15/h3-7,10-11,18H,8-9,12H2,1-2H3. The minimum Gasteiger partial charge on any atom is -0.492 e. The van der Waals surface area contributed by atoms with Gasteiger partial charge in [0.1, 0.15) is 12.4 Å². The van der Waals surface area contributed by atoms with Crippen LogP contribution in [0.3, 0.4) is 0 Å². The van der Waals surface area contributed by atoms with Crippen molar-refractivity contribution in [1.29, 1.82) is 0 Å². The van der Waals surface area contributed by atoms with Gasteiger partial charge in [-0.2, -0.15) is 0 Å². The summed E-state index contributed by atoms with van der Waals surface area (Å²) in [5.41, 5.74) is 3.64. The quantitative estimate of drug-likeness (QED) is 0.807. The second kappa shape index (κ2) is 6.90. The van der Waals surface area contributed by atoms with E-state index in [1.807, 2.05) is 18.3 Å². The highest BCUT2D eigenvalue weighted by Crippen LogP contribution is 2.18. The van der Waals surface area contributed by atoms with E-state index in [2.05, 4.69) is 42.3 Å². The van der Waals surface area contributed by atoms with Crippen molar-refractivity contribution in [2.75, 3.05) is 13.2 Å². The SMILES string of the molecule is Cc1ccc(OCCNCc2cccnc2)c(C)c1. The van der Waals surface area contributed by atoms with Gasteiger partial charge >= 0.3 is 0 Å². The summed E-state index contributed by atoms with van der Waals surface area (Å²) in [5, 5.41) is 3.34. The zero-order valence-electron chi connectivity index (χ0n) is 11.5. The minimum atomic E-state index is 0.671.